The van der Waals surface area contributed by atoms with Gasteiger partial charge in [-0.15, -0.1) is 24.0 Å². The number of ether oxygens (including phenoxy) is 3. The summed E-state index contributed by atoms with van der Waals surface area (Å²) in [5.74, 6) is 2.94. The Kier molecular flexibility index (Phi) is 9.77. The van der Waals surface area contributed by atoms with Crippen molar-refractivity contribution in [1.82, 2.24) is 5.32 Å². The number of guanidine groups is 1. The van der Waals surface area contributed by atoms with Crippen LogP contribution in [0, 0.1) is 13.8 Å². The molecule has 148 valence electrons. The van der Waals surface area contributed by atoms with Crippen molar-refractivity contribution in [2.45, 2.75) is 13.8 Å². The van der Waals surface area contributed by atoms with E-state index < -0.39 is 0 Å². The number of anilines is 1. The van der Waals surface area contributed by atoms with Crippen molar-refractivity contribution >= 4 is 35.6 Å². The van der Waals surface area contributed by atoms with Crippen LogP contribution < -0.4 is 24.8 Å². The van der Waals surface area contributed by atoms with Crippen molar-refractivity contribution < 1.29 is 14.2 Å². The van der Waals surface area contributed by atoms with E-state index in [9.17, 15) is 0 Å². The Hall–Kier alpha value is -2.16. The minimum Gasteiger partial charge on any atom is -0.493 e. The predicted octanol–water partition coefficient (Wildman–Crippen LogP) is 4.00. The Bertz CT molecular complexity index is 746. The summed E-state index contributed by atoms with van der Waals surface area (Å²) >= 11 is 0. The van der Waals surface area contributed by atoms with Crippen molar-refractivity contribution in [2.24, 2.45) is 4.99 Å². The molecule has 0 radical (unpaired) electrons. The maximum atomic E-state index is 5.90. The van der Waals surface area contributed by atoms with Crippen LogP contribution in [0.4, 0.5) is 5.69 Å². The van der Waals surface area contributed by atoms with Crippen molar-refractivity contribution in [3.63, 3.8) is 0 Å². The molecule has 2 aromatic carbocycles. The van der Waals surface area contributed by atoms with Crippen molar-refractivity contribution in [3.8, 4) is 17.2 Å². The number of hydrogen-bond donors (Lipinski definition) is 2. The first-order valence-corrected chi connectivity index (χ1v) is 8.47. The van der Waals surface area contributed by atoms with E-state index in [4.69, 9.17) is 14.2 Å². The van der Waals surface area contributed by atoms with Gasteiger partial charge in [0.15, 0.2) is 17.5 Å². The Labute approximate surface area is 178 Å². The molecule has 0 aliphatic carbocycles. The number of aryl methyl sites for hydroxylation is 2. The Morgan fingerprint density at radius 1 is 1.00 bits per heavy atom. The van der Waals surface area contributed by atoms with Crippen LogP contribution in [0.25, 0.3) is 0 Å². The summed E-state index contributed by atoms with van der Waals surface area (Å²) in [4.78, 5) is 4.23. The molecule has 7 heteroatoms. The molecule has 6 nitrogen and oxygen atoms in total. The Morgan fingerprint density at radius 2 is 1.67 bits per heavy atom. The van der Waals surface area contributed by atoms with Gasteiger partial charge in [-0.05, 0) is 37.1 Å². The number of hydrogen-bond acceptors (Lipinski definition) is 4. The maximum absolute atomic E-state index is 5.90. The molecule has 0 aliphatic rings. The predicted molar refractivity (Wildman–Crippen MR) is 121 cm³/mol. The number of benzene rings is 2. The minimum atomic E-state index is 0. The lowest BCUT2D eigenvalue weighted by atomic mass is 10.1. The summed E-state index contributed by atoms with van der Waals surface area (Å²) in [6, 6.07) is 11.7. The van der Waals surface area contributed by atoms with Gasteiger partial charge < -0.3 is 24.8 Å². The number of rotatable bonds is 7. The third-order valence-corrected chi connectivity index (χ3v) is 3.92. The molecule has 0 amide bonds. The van der Waals surface area contributed by atoms with Crippen LogP contribution in [-0.2, 0) is 0 Å². The molecular weight excluding hydrogens is 457 g/mol. The molecule has 0 aromatic heterocycles. The molecular formula is C20H28IN3O3. The highest BCUT2D eigenvalue weighted by Gasteiger charge is 2.07. The van der Waals surface area contributed by atoms with Gasteiger partial charge in [0.25, 0.3) is 0 Å². The maximum Gasteiger partial charge on any atom is 0.195 e. The normalized spacial score (nSPS) is 10.6. The van der Waals surface area contributed by atoms with Crippen molar-refractivity contribution in [1.29, 1.82) is 0 Å². The third kappa shape index (κ3) is 6.50. The molecule has 0 spiro atoms. The minimum absolute atomic E-state index is 0. The van der Waals surface area contributed by atoms with Crippen LogP contribution in [0.3, 0.4) is 0 Å². The first kappa shape index (κ1) is 22.9. The second-order valence-corrected chi connectivity index (χ2v) is 5.76. The third-order valence-electron chi connectivity index (χ3n) is 3.92. The highest BCUT2D eigenvalue weighted by atomic mass is 127. The van der Waals surface area contributed by atoms with E-state index in [1.807, 2.05) is 50.2 Å². The van der Waals surface area contributed by atoms with Gasteiger partial charge in [-0.25, -0.2) is 0 Å². The summed E-state index contributed by atoms with van der Waals surface area (Å²) in [6.45, 7) is 5.26. The van der Waals surface area contributed by atoms with Crippen LogP contribution in [0.1, 0.15) is 11.1 Å². The zero-order valence-corrected chi connectivity index (χ0v) is 18.8. The Balaban J connectivity index is 0.00000364. The largest absolute Gasteiger partial charge is 0.493 e. The molecule has 0 unspecified atom stereocenters. The van der Waals surface area contributed by atoms with Crippen LogP contribution in [0.15, 0.2) is 41.4 Å². The second kappa shape index (κ2) is 11.5. The van der Waals surface area contributed by atoms with E-state index in [-0.39, 0.29) is 24.0 Å². The van der Waals surface area contributed by atoms with E-state index in [0.29, 0.717) is 30.6 Å². The smallest absolute Gasteiger partial charge is 0.195 e. The second-order valence-electron chi connectivity index (χ2n) is 5.76. The molecule has 2 rings (SSSR count). The van der Waals surface area contributed by atoms with Gasteiger partial charge in [0, 0.05) is 18.8 Å². The fourth-order valence-electron chi connectivity index (χ4n) is 2.58. The first-order chi connectivity index (χ1) is 12.6. The summed E-state index contributed by atoms with van der Waals surface area (Å²) in [5, 5.41) is 6.46. The Morgan fingerprint density at radius 3 is 2.26 bits per heavy atom. The number of halogens is 1. The standard InChI is InChI=1S/C20H27N3O3.HI/c1-14-7-6-8-15(2)19(14)26-12-11-22-20(21-3)23-16-9-10-17(24-4)18(13-16)25-5;/h6-10,13H,11-12H2,1-5H3,(H2,21,22,23);1H. The molecule has 0 fully saturated rings. The fraction of sp³-hybridized carbons (Fsp3) is 0.350. The SMILES string of the molecule is CN=C(NCCOc1c(C)cccc1C)Nc1ccc(OC)c(OC)c1.I. The van der Waals surface area contributed by atoms with E-state index in [1.165, 1.54) is 0 Å². The van der Waals surface area contributed by atoms with Gasteiger partial charge in [-0.2, -0.15) is 0 Å². The topological polar surface area (TPSA) is 64.1 Å². The molecule has 2 N–H and O–H groups in total. The number of nitrogens with one attached hydrogen (secondary N) is 2. The highest BCUT2D eigenvalue weighted by Crippen LogP contribution is 2.29. The summed E-state index contributed by atoms with van der Waals surface area (Å²) in [5.41, 5.74) is 3.13. The van der Waals surface area contributed by atoms with Crippen LogP contribution in [0.2, 0.25) is 0 Å². The van der Waals surface area contributed by atoms with Gasteiger partial charge in [0.1, 0.15) is 12.4 Å². The fourth-order valence-corrected chi connectivity index (χ4v) is 2.58. The number of aliphatic imine (C=N–C) groups is 1. The van der Waals surface area contributed by atoms with Crippen LogP contribution in [-0.4, -0.2) is 40.4 Å². The van der Waals surface area contributed by atoms with Gasteiger partial charge in [0.2, 0.25) is 0 Å². The van der Waals surface area contributed by atoms with Gasteiger partial charge in [-0.3, -0.25) is 4.99 Å². The monoisotopic (exact) mass is 485 g/mol. The molecule has 0 saturated heterocycles. The summed E-state index contributed by atoms with van der Waals surface area (Å²) in [6.07, 6.45) is 0. The average Bonchev–Trinajstić information content (AvgIpc) is 2.65. The molecule has 27 heavy (non-hydrogen) atoms. The van der Waals surface area contributed by atoms with Crippen LogP contribution in [0.5, 0.6) is 17.2 Å². The lowest BCUT2D eigenvalue weighted by Gasteiger charge is -2.15. The zero-order valence-electron chi connectivity index (χ0n) is 16.5. The first-order valence-electron chi connectivity index (χ1n) is 8.47. The van der Waals surface area contributed by atoms with Crippen molar-refractivity contribution in [2.75, 3.05) is 39.7 Å². The molecule has 0 atom stereocenters. The quantitative estimate of drug-likeness (QED) is 0.269. The zero-order chi connectivity index (χ0) is 18.9. The van der Waals surface area contributed by atoms with Crippen LogP contribution >= 0.6 is 24.0 Å². The molecule has 0 aliphatic heterocycles. The average molecular weight is 485 g/mol. The molecule has 2 aromatic rings. The van der Waals surface area contributed by atoms with Crippen molar-refractivity contribution in [3.05, 3.63) is 47.5 Å². The number of nitrogens with zero attached hydrogens (tertiary/aromatic N) is 1. The van der Waals surface area contributed by atoms with Gasteiger partial charge in [-0.1, -0.05) is 18.2 Å². The van der Waals surface area contributed by atoms with E-state index in [1.54, 1.807) is 21.3 Å². The highest BCUT2D eigenvalue weighted by molar-refractivity contribution is 14.0. The van der Waals surface area contributed by atoms with Gasteiger partial charge in [0.05, 0.1) is 20.8 Å². The number of methoxy groups -OCH3 is 2. The van der Waals surface area contributed by atoms with Gasteiger partial charge >= 0.3 is 0 Å². The number of para-hydroxylation sites is 1. The van der Waals surface area contributed by atoms with E-state index in [0.717, 1.165) is 22.6 Å². The summed E-state index contributed by atoms with van der Waals surface area (Å²) in [7, 11) is 4.95. The molecule has 0 saturated carbocycles. The lowest BCUT2D eigenvalue weighted by Crippen LogP contribution is -2.33. The lowest BCUT2D eigenvalue weighted by molar-refractivity contribution is 0.318. The molecule has 0 bridgehead atoms. The van der Waals surface area contributed by atoms with E-state index in [2.05, 4.69) is 15.6 Å². The summed E-state index contributed by atoms with van der Waals surface area (Å²) < 4.78 is 16.5. The molecule has 0 heterocycles. The van der Waals surface area contributed by atoms with E-state index >= 15 is 0 Å².